The molecule has 0 aromatic carbocycles. The molecule has 30 heavy (non-hydrogen) atoms. The number of piperazine rings is 1. The highest BCUT2D eigenvalue weighted by molar-refractivity contribution is 5.78. The van der Waals surface area contributed by atoms with Crippen LogP contribution in [0.2, 0.25) is 0 Å². The number of ether oxygens (including phenoxy) is 1. The van der Waals surface area contributed by atoms with E-state index < -0.39 is 0 Å². The zero-order chi connectivity index (χ0) is 20.8. The summed E-state index contributed by atoms with van der Waals surface area (Å²) in [6.45, 7) is 4.39. The average molecular weight is 406 g/mol. The molecule has 1 amide bonds. The van der Waals surface area contributed by atoms with Crippen LogP contribution in [0.15, 0.2) is 48.8 Å². The van der Waals surface area contributed by atoms with Crippen LogP contribution < -0.4 is 15.0 Å². The van der Waals surface area contributed by atoms with Gasteiger partial charge < -0.3 is 19.9 Å². The molecule has 1 aliphatic heterocycles. The zero-order valence-electron chi connectivity index (χ0n) is 16.6. The number of anilines is 3. The van der Waals surface area contributed by atoms with Gasteiger partial charge in [-0.2, -0.15) is 0 Å². The summed E-state index contributed by atoms with van der Waals surface area (Å²) in [6.07, 6.45) is 3.15. The lowest BCUT2D eigenvalue weighted by atomic mass is 10.3. The van der Waals surface area contributed by atoms with Crippen molar-refractivity contribution in [2.75, 3.05) is 43.0 Å². The van der Waals surface area contributed by atoms with Crippen molar-refractivity contribution in [1.29, 1.82) is 0 Å². The van der Waals surface area contributed by atoms with Crippen molar-refractivity contribution < 1.29 is 9.53 Å². The lowest BCUT2D eigenvalue weighted by Crippen LogP contribution is -2.50. The van der Waals surface area contributed by atoms with Gasteiger partial charge in [-0.25, -0.2) is 15.0 Å². The van der Waals surface area contributed by atoms with Crippen LogP contribution in [0.4, 0.5) is 17.5 Å². The number of aryl methyl sites for hydroxylation is 1. The molecule has 4 rings (SSSR count). The molecule has 1 saturated heterocycles. The molecular formula is C20H22N8O2. The van der Waals surface area contributed by atoms with E-state index in [1.54, 1.807) is 23.4 Å². The molecule has 10 nitrogen and oxygen atoms in total. The van der Waals surface area contributed by atoms with E-state index in [2.05, 4.69) is 35.4 Å². The number of rotatable bonds is 6. The van der Waals surface area contributed by atoms with Gasteiger partial charge in [0.15, 0.2) is 18.2 Å². The maximum absolute atomic E-state index is 12.3. The zero-order valence-corrected chi connectivity index (χ0v) is 16.6. The third-order valence-electron chi connectivity index (χ3n) is 4.62. The van der Waals surface area contributed by atoms with Crippen molar-refractivity contribution in [2.45, 2.75) is 6.92 Å². The summed E-state index contributed by atoms with van der Waals surface area (Å²) >= 11 is 0. The van der Waals surface area contributed by atoms with E-state index in [9.17, 15) is 4.79 Å². The molecule has 3 aromatic rings. The number of nitrogens with one attached hydrogen (secondary N) is 1. The van der Waals surface area contributed by atoms with Crippen molar-refractivity contribution in [3.8, 4) is 6.01 Å². The van der Waals surface area contributed by atoms with Gasteiger partial charge in [0.05, 0.1) is 0 Å². The quantitative estimate of drug-likeness (QED) is 0.650. The van der Waals surface area contributed by atoms with Crippen LogP contribution in [0.3, 0.4) is 0 Å². The third-order valence-corrected chi connectivity index (χ3v) is 4.62. The first-order valence-corrected chi connectivity index (χ1v) is 9.64. The molecule has 10 heteroatoms. The van der Waals surface area contributed by atoms with Gasteiger partial charge in [-0.15, -0.1) is 10.2 Å². The summed E-state index contributed by atoms with van der Waals surface area (Å²) in [5, 5.41) is 11.7. The number of amides is 1. The largest absolute Gasteiger partial charge is 0.453 e. The van der Waals surface area contributed by atoms with Crippen molar-refractivity contribution >= 4 is 23.4 Å². The summed E-state index contributed by atoms with van der Waals surface area (Å²) in [4.78, 5) is 28.5. The minimum atomic E-state index is -0.0848. The fourth-order valence-electron chi connectivity index (χ4n) is 3.07. The predicted molar refractivity (Wildman–Crippen MR) is 111 cm³/mol. The Morgan fingerprint density at radius 1 is 1.00 bits per heavy atom. The van der Waals surface area contributed by atoms with Gasteiger partial charge in [-0.1, -0.05) is 6.07 Å². The van der Waals surface area contributed by atoms with Gasteiger partial charge in [-0.05, 0) is 37.3 Å². The Kier molecular flexibility index (Phi) is 5.93. The van der Waals surface area contributed by atoms with Gasteiger partial charge in [0.25, 0.3) is 5.91 Å². The van der Waals surface area contributed by atoms with Crippen LogP contribution in [0.5, 0.6) is 6.01 Å². The van der Waals surface area contributed by atoms with Crippen molar-refractivity contribution in [1.82, 2.24) is 30.0 Å². The number of pyridine rings is 1. The topological polar surface area (TPSA) is 109 Å². The number of carbonyl (C=O) groups excluding carboxylic acids is 1. The Morgan fingerprint density at radius 3 is 2.50 bits per heavy atom. The summed E-state index contributed by atoms with van der Waals surface area (Å²) < 4.78 is 5.34. The SMILES string of the molecule is Cc1cccc(Nc2ccc(N3CCN(C(=O)COc4ncccn4)CC3)nn2)n1. The van der Waals surface area contributed by atoms with Crippen molar-refractivity contribution in [2.24, 2.45) is 0 Å². The number of hydrogen-bond donors (Lipinski definition) is 1. The van der Waals surface area contributed by atoms with Gasteiger partial charge in [0.1, 0.15) is 5.82 Å². The second kappa shape index (κ2) is 9.12. The Labute approximate surface area is 174 Å². The third kappa shape index (κ3) is 4.96. The summed E-state index contributed by atoms with van der Waals surface area (Å²) in [5.41, 5.74) is 0.929. The van der Waals surface area contributed by atoms with Crippen molar-refractivity contribution in [3.05, 3.63) is 54.5 Å². The van der Waals surface area contributed by atoms with E-state index >= 15 is 0 Å². The smallest absolute Gasteiger partial charge is 0.316 e. The van der Waals surface area contributed by atoms with Gasteiger partial charge in [0, 0.05) is 44.3 Å². The normalized spacial score (nSPS) is 13.8. The highest BCUT2D eigenvalue weighted by Crippen LogP contribution is 2.17. The second-order valence-corrected chi connectivity index (χ2v) is 6.75. The van der Waals surface area contributed by atoms with E-state index in [1.165, 1.54) is 0 Å². The van der Waals surface area contributed by atoms with Crippen LogP contribution in [-0.2, 0) is 4.79 Å². The molecule has 0 spiro atoms. The first-order valence-electron chi connectivity index (χ1n) is 9.64. The number of nitrogens with zero attached hydrogens (tertiary/aromatic N) is 7. The van der Waals surface area contributed by atoms with E-state index in [-0.39, 0.29) is 18.5 Å². The molecule has 0 atom stereocenters. The summed E-state index contributed by atoms with van der Waals surface area (Å²) in [5.74, 6) is 2.05. The molecule has 1 fully saturated rings. The molecule has 0 radical (unpaired) electrons. The Hall–Kier alpha value is -3.82. The minimum absolute atomic E-state index is 0.0722. The predicted octanol–water partition coefficient (Wildman–Crippen LogP) is 1.44. The number of aromatic nitrogens is 5. The van der Waals surface area contributed by atoms with Crippen LogP contribution in [0.1, 0.15) is 5.69 Å². The molecule has 0 bridgehead atoms. The fourth-order valence-corrected chi connectivity index (χ4v) is 3.07. The fraction of sp³-hybridized carbons (Fsp3) is 0.300. The molecule has 3 aromatic heterocycles. The van der Waals surface area contributed by atoms with E-state index in [0.717, 1.165) is 17.3 Å². The van der Waals surface area contributed by atoms with Crippen LogP contribution in [0, 0.1) is 6.92 Å². The Bertz CT molecular complexity index is 976. The first-order chi connectivity index (χ1) is 14.7. The van der Waals surface area contributed by atoms with Gasteiger partial charge in [-0.3, -0.25) is 4.79 Å². The monoisotopic (exact) mass is 406 g/mol. The molecule has 4 heterocycles. The maximum Gasteiger partial charge on any atom is 0.316 e. The summed E-state index contributed by atoms with van der Waals surface area (Å²) in [6, 6.07) is 11.4. The molecule has 1 N–H and O–H groups in total. The molecule has 1 aliphatic rings. The average Bonchev–Trinajstić information content (AvgIpc) is 2.79. The van der Waals surface area contributed by atoms with Gasteiger partial charge >= 0.3 is 6.01 Å². The molecule has 0 saturated carbocycles. The van der Waals surface area contributed by atoms with E-state index in [4.69, 9.17) is 4.74 Å². The number of carbonyl (C=O) groups is 1. The molecular weight excluding hydrogens is 384 g/mol. The van der Waals surface area contributed by atoms with Gasteiger partial charge in [0.2, 0.25) is 0 Å². The molecule has 0 aliphatic carbocycles. The minimum Gasteiger partial charge on any atom is -0.453 e. The lowest BCUT2D eigenvalue weighted by Gasteiger charge is -2.35. The summed E-state index contributed by atoms with van der Waals surface area (Å²) in [7, 11) is 0. The standard InChI is InChI=1S/C20H22N8O2/c1-15-4-2-5-16(23-15)24-17-6-7-18(26-25-17)27-10-12-28(13-11-27)19(29)14-30-20-21-8-3-9-22-20/h2-9H,10-14H2,1H3,(H,23,24,25). The molecule has 154 valence electrons. The number of hydrogen-bond acceptors (Lipinski definition) is 9. The van der Waals surface area contributed by atoms with E-state index in [1.807, 2.05) is 37.3 Å². The van der Waals surface area contributed by atoms with Crippen LogP contribution in [-0.4, -0.2) is 68.7 Å². The highest BCUT2D eigenvalue weighted by atomic mass is 16.5. The van der Waals surface area contributed by atoms with Crippen molar-refractivity contribution in [3.63, 3.8) is 0 Å². The Balaban J connectivity index is 1.27. The Morgan fingerprint density at radius 2 is 1.80 bits per heavy atom. The second-order valence-electron chi connectivity index (χ2n) is 6.75. The lowest BCUT2D eigenvalue weighted by molar-refractivity contribution is -0.133. The maximum atomic E-state index is 12.3. The molecule has 0 unspecified atom stereocenters. The first kappa shape index (κ1) is 19.5. The van der Waals surface area contributed by atoms with E-state index in [0.29, 0.717) is 32.0 Å². The van der Waals surface area contributed by atoms with Crippen LogP contribution >= 0.6 is 0 Å². The van der Waals surface area contributed by atoms with Crippen LogP contribution in [0.25, 0.3) is 0 Å². The highest BCUT2D eigenvalue weighted by Gasteiger charge is 2.22.